The van der Waals surface area contributed by atoms with E-state index in [0.717, 1.165) is 5.56 Å². The lowest BCUT2D eigenvalue weighted by atomic mass is 9.99. The summed E-state index contributed by atoms with van der Waals surface area (Å²) in [6, 6.07) is 4.25. The fourth-order valence-electron chi connectivity index (χ4n) is 1.37. The third-order valence-electron chi connectivity index (χ3n) is 2.15. The van der Waals surface area contributed by atoms with E-state index in [-0.39, 0.29) is 11.3 Å². The maximum atomic E-state index is 12.3. The first-order valence-corrected chi connectivity index (χ1v) is 4.48. The van der Waals surface area contributed by atoms with Gasteiger partial charge in [0.05, 0.1) is 0 Å². The second kappa shape index (κ2) is 4.31. The van der Waals surface area contributed by atoms with Crippen LogP contribution < -0.4 is 0 Å². The quantitative estimate of drug-likeness (QED) is 0.680. The van der Waals surface area contributed by atoms with Gasteiger partial charge in [0.1, 0.15) is 0 Å². The van der Waals surface area contributed by atoms with Crippen molar-refractivity contribution in [2.75, 3.05) is 0 Å². The Morgan fingerprint density at radius 1 is 1.43 bits per heavy atom. The van der Waals surface area contributed by atoms with Gasteiger partial charge in [-0.05, 0) is 25.0 Å². The molecule has 0 spiro atoms. The van der Waals surface area contributed by atoms with Gasteiger partial charge in [-0.15, -0.1) is 0 Å². The molecule has 0 N–H and O–H groups in total. The van der Waals surface area contributed by atoms with Crippen LogP contribution in [0.15, 0.2) is 18.2 Å². The van der Waals surface area contributed by atoms with Crippen LogP contribution in [-0.4, -0.2) is 5.78 Å². The molecule has 0 aromatic heterocycles. The van der Waals surface area contributed by atoms with E-state index in [1.54, 1.807) is 6.07 Å². The molecule has 3 heteroatoms. The molecule has 1 aromatic carbocycles. The molecule has 0 aliphatic rings. The van der Waals surface area contributed by atoms with Crippen LogP contribution in [0.25, 0.3) is 0 Å². The highest BCUT2D eigenvalue weighted by atomic mass is 19.3. The van der Waals surface area contributed by atoms with E-state index < -0.39 is 6.43 Å². The highest BCUT2D eigenvalue weighted by molar-refractivity contribution is 5.95. The Kier molecular flexibility index (Phi) is 3.33. The SMILES string of the molecule is CCc1ccc(C(F)F)cc1C(C)=O. The van der Waals surface area contributed by atoms with E-state index in [4.69, 9.17) is 0 Å². The summed E-state index contributed by atoms with van der Waals surface area (Å²) >= 11 is 0. The second-order valence-electron chi connectivity index (χ2n) is 3.13. The van der Waals surface area contributed by atoms with Gasteiger partial charge in [0.25, 0.3) is 6.43 Å². The van der Waals surface area contributed by atoms with Crippen LogP contribution in [0.2, 0.25) is 0 Å². The summed E-state index contributed by atoms with van der Waals surface area (Å²) < 4.78 is 24.7. The fourth-order valence-corrected chi connectivity index (χ4v) is 1.37. The number of rotatable bonds is 3. The van der Waals surface area contributed by atoms with Gasteiger partial charge in [-0.2, -0.15) is 0 Å². The van der Waals surface area contributed by atoms with Crippen molar-refractivity contribution in [3.05, 3.63) is 34.9 Å². The zero-order valence-corrected chi connectivity index (χ0v) is 8.18. The summed E-state index contributed by atoms with van der Waals surface area (Å²) in [6.07, 6.45) is -1.84. The summed E-state index contributed by atoms with van der Waals surface area (Å²) in [7, 11) is 0. The molecule has 0 heterocycles. The van der Waals surface area contributed by atoms with Crippen LogP contribution in [0.1, 0.15) is 41.8 Å². The Morgan fingerprint density at radius 3 is 2.50 bits per heavy atom. The summed E-state index contributed by atoms with van der Waals surface area (Å²) in [5, 5.41) is 0. The Bertz CT molecular complexity index is 345. The van der Waals surface area contributed by atoms with Gasteiger partial charge < -0.3 is 0 Å². The molecule has 0 unspecified atom stereocenters. The summed E-state index contributed by atoms with van der Waals surface area (Å²) in [6.45, 7) is 3.29. The topological polar surface area (TPSA) is 17.1 Å². The largest absolute Gasteiger partial charge is 0.295 e. The third kappa shape index (κ3) is 2.16. The molecule has 76 valence electrons. The van der Waals surface area contributed by atoms with Crippen molar-refractivity contribution in [2.45, 2.75) is 26.7 Å². The Balaban J connectivity index is 3.21. The molecular weight excluding hydrogens is 186 g/mol. The van der Waals surface area contributed by atoms with Crippen LogP contribution >= 0.6 is 0 Å². The molecular formula is C11H12F2O. The van der Waals surface area contributed by atoms with E-state index >= 15 is 0 Å². The number of halogens is 2. The molecule has 0 amide bonds. The smallest absolute Gasteiger partial charge is 0.263 e. The lowest BCUT2D eigenvalue weighted by molar-refractivity contribution is 0.101. The number of Topliss-reactive ketones (excluding diaryl/α,β-unsaturated/α-hetero) is 1. The number of carbonyl (C=O) groups is 1. The van der Waals surface area contributed by atoms with Crippen LogP contribution in [-0.2, 0) is 6.42 Å². The van der Waals surface area contributed by atoms with Crippen molar-refractivity contribution in [1.29, 1.82) is 0 Å². The van der Waals surface area contributed by atoms with E-state index in [9.17, 15) is 13.6 Å². The van der Waals surface area contributed by atoms with Gasteiger partial charge in [-0.1, -0.05) is 19.1 Å². The highest BCUT2D eigenvalue weighted by Gasteiger charge is 2.12. The van der Waals surface area contributed by atoms with Crippen LogP contribution in [0.4, 0.5) is 8.78 Å². The zero-order chi connectivity index (χ0) is 10.7. The van der Waals surface area contributed by atoms with Gasteiger partial charge in [-0.3, -0.25) is 4.79 Å². The molecule has 1 aromatic rings. The molecule has 0 saturated heterocycles. The van der Waals surface area contributed by atoms with E-state index in [1.807, 2.05) is 6.92 Å². The monoisotopic (exact) mass is 198 g/mol. The Labute approximate surface area is 81.7 Å². The Hall–Kier alpha value is -1.25. The van der Waals surface area contributed by atoms with Crippen molar-refractivity contribution in [2.24, 2.45) is 0 Å². The predicted molar refractivity (Wildman–Crippen MR) is 50.8 cm³/mol. The number of hydrogen-bond acceptors (Lipinski definition) is 1. The minimum Gasteiger partial charge on any atom is -0.295 e. The fraction of sp³-hybridized carbons (Fsp3) is 0.364. The minimum absolute atomic E-state index is 0.0904. The summed E-state index contributed by atoms with van der Waals surface area (Å²) in [5.74, 6) is -0.163. The van der Waals surface area contributed by atoms with Crippen molar-refractivity contribution in [1.82, 2.24) is 0 Å². The molecule has 0 saturated carbocycles. The molecule has 1 rings (SSSR count). The summed E-state index contributed by atoms with van der Waals surface area (Å²) in [4.78, 5) is 11.2. The molecule has 0 radical (unpaired) electrons. The first-order valence-electron chi connectivity index (χ1n) is 4.48. The molecule has 0 fully saturated rings. The first-order chi connectivity index (χ1) is 6.56. The molecule has 0 aliphatic heterocycles. The number of aryl methyl sites for hydroxylation is 1. The first kappa shape index (κ1) is 10.8. The average molecular weight is 198 g/mol. The number of alkyl halides is 2. The highest BCUT2D eigenvalue weighted by Crippen LogP contribution is 2.22. The van der Waals surface area contributed by atoms with Gasteiger partial charge in [0.2, 0.25) is 0 Å². The molecule has 0 aliphatic carbocycles. The van der Waals surface area contributed by atoms with Crippen molar-refractivity contribution in [3.63, 3.8) is 0 Å². The zero-order valence-electron chi connectivity index (χ0n) is 8.18. The van der Waals surface area contributed by atoms with Gasteiger partial charge in [0, 0.05) is 11.1 Å². The van der Waals surface area contributed by atoms with Crippen LogP contribution in [0.3, 0.4) is 0 Å². The number of benzene rings is 1. The maximum absolute atomic E-state index is 12.3. The van der Waals surface area contributed by atoms with Crippen LogP contribution in [0.5, 0.6) is 0 Å². The lowest BCUT2D eigenvalue weighted by Gasteiger charge is -2.07. The normalized spacial score (nSPS) is 10.6. The molecule has 0 atom stereocenters. The molecule has 1 nitrogen and oxygen atoms in total. The predicted octanol–water partition coefficient (Wildman–Crippen LogP) is 3.39. The van der Waals surface area contributed by atoms with Gasteiger partial charge in [-0.25, -0.2) is 8.78 Å². The van der Waals surface area contributed by atoms with Crippen molar-refractivity contribution >= 4 is 5.78 Å². The number of hydrogen-bond donors (Lipinski definition) is 0. The maximum Gasteiger partial charge on any atom is 0.263 e. The summed E-state index contributed by atoms with van der Waals surface area (Å²) in [5.41, 5.74) is 1.14. The number of carbonyl (C=O) groups excluding carboxylic acids is 1. The van der Waals surface area contributed by atoms with E-state index in [2.05, 4.69) is 0 Å². The average Bonchev–Trinajstić information content (AvgIpc) is 2.16. The van der Waals surface area contributed by atoms with E-state index in [1.165, 1.54) is 19.1 Å². The number of ketones is 1. The van der Waals surface area contributed by atoms with Gasteiger partial charge >= 0.3 is 0 Å². The minimum atomic E-state index is -2.51. The van der Waals surface area contributed by atoms with Crippen molar-refractivity contribution < 1.29 is 13.6 Å². The van der Waals surface area contributed by atoms with Crippen molar-refractivity contribution in [3.8, 4) is 0 Å². The Morgan fingerprint density at radius 2 is 2.07 bits per heavy atom. The molecule has 14 heavy (non-hydrogen) atoms. The lowest BCUT2D eigenvalue weighted by Crippen LogP contribution is -2.00. The van der Waals surface area contributed by atoms with Gasteiger partial charge in [0.15, 0.2) is 5.78 Å². The third-order valence-corrected chi connectivity index (χ3v) is 2.15. The second-order valence-corrected chi connectivity index (χ2v) is 3.13. The standard InChI is InChI=1S/C11H12F2O/c1-3-8-4-5-9(11(12)13)6-10(8)7(2)14/h4-6,11H,3H2,1-2H3. The molecule has 0 bridgehead atoms. The van der Waals surface area contributed by atoms with E-state index in [0.29, 0.717) is 12.0 Å². The van der Waals surface area contributed by atoms with Crippen LogP contribution in [0, 0.1) is 0 Å².